The molecule has 12 heavy (non-hydrogen) atoms. The van der Waals surface area contributed by atoms with Gasteiger partial charge in [-0.25, -0.2) is 0 Å². The summed E-state index contributed by atoms with van der Waals surface area (Å²) < 4.78 is 0. The predicted molar refractivity (Wildman–Crippen MR) is 46.7 cm³/mol. The molecule has 0 radical (unpaired) electrons. The number of hydrogen-bond donors (Lipinski definition) is 0. The SMILES string of the molecule is CCCO/N=[N+](\[O-])C(C)(C)CC. The van der Waals surface area contributed by atoms with Crippen molar-refractivity contribution in [3.8, 4) is 0 Å². The van der Waals surface area contributed by atoms with Gasteiger partial charge in [0.1, 0.15) is 6.61 Å². The van der Waals surface area contributed by atoms with Crippen LogP contribution >= 0.6 is 0 Å². The van der Waals surface area contributed by atoms with Gasteiger partial charge >= 0.3 is 0 Å². The molecule has 0 aliphatic heterocycles. The summed E-state index contributed by atoms with van der Waals surface area (Å²) in [6, 6.07) is 0. The average Bonchev–Trinajstić information content (AvgIpc) is 2.05. The Kier molecular flexibility index (Phi) is 4.62. The summed E-state index contributed by atoms with van der Waals surface area (Å²) in [5.41, 5.74) is -0.465. The van der Waals surface area contributed by atoms with Crippen molar-refractivity contribution in [2.45, 2.75) is 46.1 Å². The third-order valence-electron chi connectivity index (χ3n) is 1.81. The summed E-state index contributed by atoms with van der Waals surface area (Å²) in [6.07, 6.45) is 1.61. The number of hydroxylamine groups is 1. The summed E-state index contributed by atoms with van der Waals surface area (Å²) >= 11 is 0. The summed E-state index contributed by atoms with van der Waals surface area (Å²) in [6.45, 7) is 8.08. The smallest absolute Gasteiger partial charge is 0.200 e. The van der Waals surface area contributed by atoms with Crippen LogP contribution < -0.4 is 0 Å². The molecule has 0 rings (SSSR count). The van der Waals surface area contributed by atoms with E-state index in [0.29, 0.717) is 11.5 Å². The van der Waals surface area contributed by atoms with E-state index in [2.05, 4.69) is 5.28 Å². The van der Waals surface area contributed by atoms with Gasteiger partial charge in [0.05, 0.1) is 0 Å². The largest absolute Gasteiger partial charge is 0.597 e. The van der Waals surface area contributed by atoms with Gasteiger partial charge in [0, 0.05) is 20.3 Å². The normalized spacial score (nSPS) is 13.2. The van der Waals surface area contributed by atoms with Crippen LogP contribution in [0.3, 0.4) is 0 Å². The van der Waals surface area contributed by atoms with E-state index in [1.54, 1.807) is 0 Å². The molecule has 4 nitrogen and oxygen atoms in total. The lowest BCUT2D eigenvalue weighted by Gasteiger charge is -2.17. The van der Waals surface area contributed by atoms with Crippen molar-refractivity contribution in [3.63, 3.8) is 0 Å². The van der Waals surface area contributed by atoms with Crippen LogP contribution in [-0.4, -0.2) is 17.0 Å². The summed E-state index contributed by atoms with van der Waals surface area (Å²) in [7, 11) is 0. The topological polar surface area (TPSA) is 47.7 Å². The predicted octanol–water partition coefficient (Wildman–Crippen LogP) is 2.48. The Bertz CT molecular complexity index is 155. The van der Waals surface area contributed by atoms with Crippen LogP contribution in [0.5, 0.6) is 0 Å². The maximum atomic E-state index is 11.2. The van der Waals surface area contributed by atoms with Gasteiger partial charge in [0.2, 0.25) is 0 Å². The highest BCUT2D eigenvalue weighted by Gasteiger charge is 2.26. The Morgan fingerprint density at radius 2 is 2.00 bits per heavy atom. The fraction of sp³-hybridized carbons (Fsp3) is 1.00. The Labute approximate surface area is 73.8 Å². The van der Waals surface area contributed by atoms with Crippen molar-refractivity contribution in [1.82, 2.24) is 0 Å². The standard InChI is InChI=1S/C8H18N2O2/c1-5-7-12-9-10(11)8(3,4)6-2/h5-7H2,1-4H3/b10-9-. The van der Waals surface area contributed by atoms with Gasteiger partial charge in [-0.15, -0.1) is 0 Å². The second-order valence-electron chi connectivity index (χ2n) is 3.35. The molecule has 0 saturated carbocycles. The molecule has 0 aromatic rings. The summed E-state index contributed by atoms with van der Waals surface area (Å²) in [5, 5.41) is 14.6. The third-order valence-corrected chi connectivity index (χ3v) is 1.81. The van der Waals surface area contributed by atoms with E-state index in [1.165, 1.54) is 0 Å². The highest BCUT2D eigenvalue weighted by molar-refractivity contribution is 4.61. The monoisotopic (exact) mass is 174 g/mol. The molecular weight excluding hydrogens is 156 g/mol. The molecule has 0 aromatic heterocycles. The maximum Gasteiger partial charge on any atom is 0.200 e. The lowest BCUT2D eigenvalue weighted by Crippen LogP contribution is -2.30. The van der Waals surface area contributed by atoms with Gasteiger partial charge in [-0.2, -0.15) is 0 Å². The van der Waals surface area contributed by atoms with Crippen LogP contribution in [0, 0.1) is 5.21 Å². The lowest BCUT2D eigenvalue weighted by molar-refractivity contribution is -0.626. The Hall–Kier alpha value is -0.800. The van der Waals surface area contributed by atoms with Crippen LogP contribution in [0.4, 0.5) is 0 Å². The van der Waals surface area contributed by atoms with Crippen molar-refractivity contribution >= 4 is 0 Å². The first-order chi connectivity index (χ1) is 5.54. The van der Waals surface area contributed by atoms with E-state index in [1.807, 2.05) is 27.7 Å². The van der Waals surface area contributed by atoms with Crippen molar-refractivity contribution in [2.24, 2.45) is 5.28 Å². The Morgan fingerprint density at radius 1 is 1.42 bits per heavy atom. The first-order valence-electron chi connectivity index (χ1n) is 4.35. The van der Waals surface area contributed by atoms with Gasteiger partial charge in [0.15, 0.2) is 10.8 Å². The van der Waals surface area contributed by atoms with Gasteiger partial charge in [0.25, 0.3) is 0 Å². The van der Waals surface area contributed by atoms with Gasteiger partial charge in [-0.05, 0) is 6.42 Å². The maximum absolute atomic E-state index is 11.2. The van der Waals surface area contributed by atoms with E-state index in [4.69, 9.17) is 4.84 Å². The molecule has 0 saturated heterocycles. The molecule has 0 aromatic carbocycles. The van der Waals surface area contributed by atoms with Crippen molar-refractivity contribution in [1.29, 1.82) is 0 Å². The number of nitrogens with zero attached hydrogens (tertiary/aromatic N) is 2. The van der Waals surface area contributed by atoms with Gasteiger partial charge in [-0.3, -0.25) is 0 Å². The van der Waals surface area contributed by atoms with E-state index in [9.17, 15) is 5.21 Å². The van der Waals surface area contributed by atoms with E-state index < -0.39 is 5.54 Å². The van der Waals surface area contributed by atoms with Crippen molar-refractivity contribution < 1.29 is 9.70 Å². The van der Waals surface area contributed by atoms with Crippen LogP contribution in [0.15, 0.2) is 5.28 Å². The molecule has 72 valence electrons. The van der Waals surface area contributed by atoms with Crippen LogP contribution in [-0.2, 0) is 4.84 Å². The second kappa shape index (κ2) is 4.95. The van der Waals surface area contributed by atoms with E-state index in [-0.39, 0.29) is 0 Å². The quantitative estimate of drug-likeness (QED) is 0.278. The molecule has 0 atom stereocenters. The van der Waals surface area contributed by atoms with Crippen molar-refractivity contribution in [2.75, 3.05) is 6.61 Å². The zero-order valence-corrected chi connectivity index (χ0v) is 8.33. The zero-order valence-electron chi connectivity index (χ0n) is 8.33. The molecule has 4 heteroatoms. The molecular formula is C8H18N2O2. The second-order valence-corrected chi connectivity index (χ2v) is 3.35. The minimum atomic E-state index is -0.465. The molecule has 0 fully saturated rings. The summed E-state index contributed by atoms with van der Waals surface area (Å²) in [5.74, 6) is 0. The number of hydrogen-bond acceptors (Lipinski definition) is 3. The molecule has 0 spiro atoms. The third kappa shape index (κ3) is 3.55. The molecule has 0 amide bonds. The van der Waals surface area contributed by atoms with Crippen LogP contribution in [0.2, 0.25) is 0 Å². The molecule has 0 unspecified atom stereocenters. The fourth-order valence-corrected chi connectivity index (χ4v) is 0.430. The van der Waals surface area contributed by atoms with Gasteiger partial charge in [-0.1, -0.05) is 18.7 Å². The highest BCUT2D eigenvalue weighted by Crippen LogP contribution is 2.12. The Morgan fingerprint density at radius 3 is 2.42 bits per heavy atom. The van der Waals surface area contributed by atoms with Crippen LogP contribution in [0.25, 0.3) is 0 Å². The molecule has 0 bridgehead atoms. The number of rotatable bonds is 5. The minimum absolute atomic E-state index is 0.465. The average molecular weight is 174 g/mol. The highest BCUT2D eigenvalue weighted by atomic mass is 16.7. The first kappa shape index (κ1) is 11.2. The van der Waals surface area contributed by atoms with Crippen molar-refractivity contribution in [3.05, 3.63) is 5.21 Å². The lowest BCUT2D eigenvalue weighted by atomic mass is 10.0. The minimum Gasteiger partial charge on any atom is -0.597 e. The molecule has 0 aliphatic carbocycles. The molecule has 0 aliphatic rings. The molecule has 0 heterocycles. The van der Waals surface area contributed by atoms with Gasteiger partial charge < -0.3 is 10.0 Å². The first-order valence-corrected chi connectivity index (χ1v) is 4.35. The van der Waals surface area contributed by atoms with E-state index >= 15 is 0 Å². The van der Waals surface area contributed by atoms with Crippen LogP contribution in [0.1, 0.15) is 40.5 Å². The fourth-order valence-electron chi connectivity index (χ4n) is 0.430. The Balaban J connectivity index is 3.98. The van der Waals surface area contributed by atoms with E-state index in [0.717, 1.165) is 12.8 Å². The molecule has 0 N–H and O–H groups in total. The zero-order chi connectivity index (χ0) is 9.61. The summed E-state index contributed by atoms with van der Waals surface area (Å²) in [4.78, 5) is 5.40.